The Kier molecular flexibility index (Phi) is 10.5. The number of nitrogens with one attached hydrogen (secondary N) is 1. The molecule has 3 heterocycles. The van der Waals surface area contributed by atoms with E-state index < -0.39 is 0 Å². The van der Waals surface area contributed by atoms with E-state index in [2.05, 4.69) is 26.2 Å². The van der Waals surface area contributed by atoms with Crippen LogP contribution in [0.15, 0.2) is 58.3 Å². The van der Waals surface area contributed by atoms with Gasteiger partial charge in [0, 0.05) is 35.9 Å². The van der Waals surface area contributed by atoms with Crippen LogP contribution in [0.5, 0.6) is 0 Å². The number of fused-ring (bicyclic) bond motifs is 1. The fourth-order valence-corrected chi connectivity index (χ4v) is 5.04. The zero-order chi connectivity index (χ0) is 24.5. The van der Waals surface area contributed by atoms with Crippen LogP contribution < -0.4 is 4.72 Å². The average Bonchev–Trinajstić information content (AvgIpc) is 3.20. The highest BCUT2D eigenvalue weighted by atomic mass is 35.5. The minimum atomic E-state index is -0.294. The predicted octanol–water partition coefficient (Wildman–Crippen LogP) is 4.31. The van der Waals surface area contributed by atoms with Crippen molar-refractivity contribution < 1.29 is 18.7 Å². The van der Waals surface area contributed by atoms with E-state index >= 15 is 0 Å². The smallest absolute Gasteiger partial charge is 0.337 e. The molecule has 1 N–H and O–H groups in total. The van der Waals surface area contributed by atoms with Crippen LogP contribution in [0.1, 0.15) is 13.3 Å². The SMILES string of the molecule is C=CN=C(SC)C1=NCC(C(=O)OCC)=C2CC(NSC3COC3)CN12.Fc1cccc(Cl)c1. The number of hydrogen-bond acceptors (Lipinski definition) is 9. The van der Waals surface area contributed by atoms with Crippen molar-refractivity contribution in [1.29, 1.82) is 0 Å². The van der Waals surface area contributed by atoms with Crippen molar-refractivity contribution in [3.8, 4) is 0 Å². The lowest BCUT2D eigenvalue weighted by molar-refractivity contribution is -0.138. The number of carbonyl (C=O) groups excluding carboxylic acids is 1. The molecule has 0 bridgehead atoms. The van der Waals surface area contributed by atoms with Gasteiger partial charge < -0.3 is 14.4 Å². The number of amidine groups is 1. The summed E-state index contributed by atoms with van der Waals surface area (Å²) in [6.45, 7) is 8.52. The lowest BCUT2D eigenvalue weighted by Gasteiger charge is -2.28. The van der Waals surface area contributed by atoms with Gasteiger partial charge >= 0.3 is 5.97 Å². The minimum Gasteiger partial charge on any atom is -0.463 e. The fourth-order valence-electron chi connectivity index (χ4n) is 3.45. The van der Waals surface area contributed by atoms with Gasteiger partial charge in [-0.15, -0.1) is 11.8 Å². The number of rotatable bonds is 7. The second-order valence-corrected chi connectivity index (χ2v) is 9.82. The van der Waals surface area contributed by atoms with Crippen molar-refractivity contribution in [1.82, 2.24) is 9.62 Å². The van der Waals surface area contributed by atoms with Gasteiger partial charge in [-0.2, -0.15) is 0 Å². The molecule has 2 fully saturated rings. The number of halogens is 2. The predicted molar refractivity (Wildman–Crippen MR) is 139 cm³/mol. The third-order valence-electron chi connectivity index (χ3n) is 5.07. The standard InChI is InChI=1S/C17H24N4O3S2.C6H4ClF/c1-4-18-16(25-3)15-19-7-13(17(22)24-5-2)14-6-11(8-21(14)15)20-26-12-9-23-10-12;7-5-2-1-3-6(8)4-5/h4,11-12,20H,1,5-10H2,2-3H3;1-4H. The second-order valence-electron chi connectivity index (χ2n) is 7.45. The maximum Gasteiger partial charge on any atom is 0.337 e. The van der Waals surface area contributed by atoms with Crippen LogP contribution in [0, 0.1) is 5.82 Å². The van der Waals surface area contributed by atoms with E-state index in [4.69, 9.17) is 21.1 Å². The summed E-state index contributed by atoms with van der Waals surface area (Å²) in [6, 6.07) is 6.05. The molecule has 0 aliphatic carbocycles. The van der Waals surface area contributed by atoms with E-state index in [1.165, 1.54) is 30.1 Å². The summed E-state index contributed by atoms with van der Waals surface area (Å²) in [5.74, 6) is 0.238. The highest BCUT2D eigenvalue weighted by molar-refractivity contribution is 8.15. The molecule has 184 valence electrons. The van der Waals surface area contributed by atoms with Crippen LogP contribution in [0.2, 0.25) is 5.02 Å². The first-order valence-electron chi connectivity index (χ1n) is 10.8. The molecule has 1 aromatic rings. The minimum absolute atomic E-state index is 0.232. The first kappa shape index (κ1) is 26.7. The van der Waals surface area contributed by atoms with Crippen molar-refractivity contribution in [3.63, 3.8) is 0 Å². The third-order valence-corrected chi connectivity index (χ3v) is 7.05. The number of ether oxygens (including phenoxy) is 2. The first-order chi connectivity index (χ1) is 16.5. The summed E-state index contributed by atoms with van der Waals surface area (Å²) < 4.78 is 26.1. The zero-order valence-electron chi connectivity index (χ0n) is 19.1. The Balaban J connectivity index is 0.000000343. The van der Waals surface area contributed by atoms with Crippen molar-refractivity contribution in [2.75, 3.05) is 39.2 Å². The fraction of sp³-hybridized carbons (Fsp3) is 0.435. The van der Waals surface area contributed by atoms with Gasteiger partial charge in [0.05, 0.1) is 37.2 Å². The van der Waals surface area contributed by atoms with Crippen molar-refractivity contribution in [2.45, 2.75) is 24.6 Å². The van der Waals surface area contributed by atoms with Gasteiger partial charge in [0.15, 0.2) is 5.84 Å². The Hall–Kier alpha value is -1.85. The Morgan fingerprint density at radius 3 is 2.85 bits per heavy atom. The van der Waals surface area contributed by atoms with Gasteiger partial charge in [-0.05, 0) is 31.4 Å². The van der Waals surface area contributed by atoms with E-state index in [9.17, 15) is 9.18 Å². The second kappa shape index (κ2) is 13.3. The molecule has 3 aliphatic heterocycles. The van der Waals surface area contributed by atoms with E-state index in [-0.39, 0.29) is 17.8 Å². The van der Waals surface area contributed by atoms with Gasteiger partial charge in [-0.3, -0.25) is 9.71 Å². The molecule has 4 rings (SSSR count). The lowest BCUT2D eigenvalue weighted by atomic mass is 10.1. The van der Waals surface area contributed by atoms with Gasteiger partial charge in [0.1, 0.15) is 10.9 Å². The third kappa shape index (κ3) is 7.08. The highest BCUT2D eigenvalue weighted by Gasteiger charge is 2.38. The van der Waals surface area contributed by atoms with Crippen LogP contribution in [0.4, 0.5) is 4.39 Å². The van der Waals surface area contributed by atoms with Crippen molar-refractivity contribution >= 4 is 52.2 Å². The summed E-state index contributed by atoms with van der Waals surface area (Å²) in [6.07, 6.45) is 4.26. The van der Waals surface area contributed by atoms with Crippen LogP contribution in [0.3, 0.4) is 0 Å². The Morgan fingerprint density at radius 1 is 1.50 bits per heavy atom. The maximum absolute atomic E-state index is 12.4. The zero-order valence-corrected chi connectivity index (χ0v) is 21.5. The molecule has 0 radical (unpaired) electrons. The molecule has 1 unspecified atom stereocenters. The molecule has 0 saturated carbocycles. The number of aliphatic imine (C=N–C) groups is 2. The lowest BCUT2D eigenvalue weighted by Crippen LogP contribution is -2.40. The normalized spacial score (nSPS) is 20.1. The van der Waals surface area contributed by atoms with E-state index in [0.29, 0.717) is 29.0 Å². The first-order valence-corrected chi connectivity index (χ1v) is 13.3. The molecule has 1 aromatic carbocycles. The summed E-state index contributed by atoms with van der Waals surface area (Å²) in [7, 11) is 0. The van der Waals surface area contributed by atoms with Crippen LogP contribution in [-0.4, -0.2) is 72.2 Å². The number of benzene rings is 1. The monoisotopic (exact) mass is 526 g/mol. The van der Waals surface area contributed by atoms with Gasteiger partial charge in [0.25, 0.3) is 0 Å². The van der Waals surface area contributed by atoms with Crippen molar-refractivity contribution in [3.05, 3.63) is 59.2 Å². The summed E-state index contributed by atoms with van der Waals surface area (Å²) in [4.78, 5) is 23.5. The molecule has 0 aromatic heterocycles. The van der Waals surface area contributed by atoms with Gasteiger partial charge in [-0.1, -0.05) is 36.2 Å². The summed E-state index contributed by atoms with van der Waals surface area (Å²) in [5.41, 5.74) is 1.64. The number of esters is 1. The molecule has 0 spiro atoms. The summed E-state index contributed by atoms with van der Waals surface area (Å²) in [5, 5.41) is 1.74. The number of nitrogens with zero attached hydrogens (tertiary/aromatic N) is 3. The molecule has 7 nitrogen and oxygen atoms in total. The molecular formula is C23H28ClFN4O3S2. The molecule has 34 heavy (non-hydrogen) atoms. The highest BCUT2D eigenvalue weighted by Crippen LogP contribution is 2.32. The van der Waals surface area contributed by atoms with E-state index in [1.807, 2.05) is 13.2 Å². The number of hydrogen-bond donors (Lipinski definition) is 1. The van der Waals surface area contributed by atoms with E-state index in [1.54, 1.807) is 24.1 Å². The van der Waals surface area contributed by atoms with Gasteiger partial charge in [0.2, 0.25) is 0 Å². The molecule has 11 heteroatoms. The molecule has 3 aliphatic rings. The van der Waals surface area contributed by atoms with Crippen LogP contribution >= 0.6 is 35.3 Å². The molecular weight excluding hydrogens is 499 g/mol. The molecule has 0 amide bonds. The quantitative estimate of drug-likeness (QED) is 0.245. The van der Waals surface area contributed by atoms with E-state index in [0.717, 1.165) is 42.8 Å². The average molecular weight is 527 g/mol. The van der Waals surface area contributed by atoms with Gasteiger partial charge in [-0.25, -0.2) is 14.2 Å². The Morgan fingerprint density at radius 2 is 2.29 bits per heavy atom. The summed E-state index contributed by atoms with van der Waals surface area (Å²) >= 11 is 8.65. The number of thioether (sulfide) groups is 1. The number of carbonyl (C=O) groups is 1. The topological polar surface area (TPSA) is 75.5 Å². The molecule has 1 atom stereocenters. The Bertz CT molecular complexity index is 967. The maximum atomic E-state index is 12.4. The van der Waals surface area contributed by atoms with Crippen LogP contribution in [0.25, 0.3) is 0 Å². The Labute approximate surface area is 213 Å². The molecule has 2 saturated heterocycles. The van der Waals surface area contributed by atoms with Crippen molar-refractivity contribution in [2.24, 2.45) is 9.98 Å². The van der Waals surface area contributed by atoms with Crippen LogP contribution in [-0.2, 0) is 14.3 Å². The largest absolute Gasteiger partial charge is 0.463 e.